The van der Waals surface area contributed by atoms with E-state index in [2.05, 4.69) is 15.0 Å². The number of nitrogens with two attached hydrogens (primary N) is 1. The minimum absolute atomic E-state index is 0.00302. The zero-order valence-corrected chi connectivity index (χ0v) is 11.1. The van der Waals surface area contributed by atoms with Crippen molar-refractivity contribution in [1.29, 1.82) is 5.41 Å². The Kier molecular flexibility index (Phi) is 3.80. The van der Waals surface area contributed by atoms with E-state index >= 15 is 0 Å². The van der Waals surface area contributed by atoms with Crippen LogP contribution in [0, 0.1) is 5.41 Å². The minimum atomic E-state index is -2.59. The number of aromatic amines is 1. The number of imidazole rings is 1. The van der Waals surface area contributed by atoms with Gasteiger partial charge in [0, 0.05) is 0 Å². The first-order valence-electron chi connectivity index (χ1n) is 6.04. The Hall–Kier alpha value is -1.88. The third kappa shape index (κ3) is 2.21. The van der Waals surface area contributed by atoms with Crippen molar-refractivity contribution in [2.24, 2.45) is 10.7 Å². The molecule has 10 heteroatoms. The van der Waals surface area contributed by atoms with E-state index in [0.717, 1.165) is 13.1 Å². The number of halogens is 1. The summed E-state index contributed by atoms with van der Waals surface area (Å²) in [5.41, 5.74) is 2.73. The molecule has 0 amide bonds. The third-order valence-corrected chi connectivity index (χ3v) is 3.46. The van der Waals surface area contributed by atoms with Crippen LogP contribution in [0.4, 0.5) is 4.39 Å². The molecular formula is C11H16FN5O4. The molecule has 2 rings (SSSR count). The fourth-order valence-corrected chi connectivity index (χ4v) is 2.17. The van der Waals surface area contributed by atoms with Gasteiger partial charge in [-0.2, -0.15) is 0 Å². The number of nitrogens with one attached hydrogen (secondary N) is 2. The molecule has 1 saturated heterocycles. The Labute approximate surface area is 118 Å². The first kappa shape index (κ1) is 15.5. The highest BCUT2D eigenvalue weighted by Gasteiger charge is 2.65. The maximum Gasteiger partial charge on any atom is 0.247 e. The molecule has 1 aromatic rings. The molecule has 1 aliphatic heterocycles. The van der Waals surface area contributed by atoms with Gasteiger partial charge < -0.3 is 30.8 Å². The number of amidine groups is 1. The van der Waals surface area contributed by atoms with E-state index in [4.69, 9.17) is 21.0 Å². The van der Waals surface area contributed by atoms with Gasteiger partial charge in [0.15, 0.2) is 17.3 Å². The SMILES string of the molecule is C[C@@]1(F)[C@H](O)[C@@H](CO)OC1(O)c1cnc(/C(N)=N\C=N)[nH]1. The van der Waals surface area contributed by atoms with E-state index in [9.17, 15) is 14.6 Å². The molecule has 9 nitrogen and oxygen atoms in total. The van der Waals surface area contributed by atoms with Gasteiger partial charge in [0.25, 0.3) is 0 Å². The van der Waals surface area contributed by atoms with E-state index < -0.39 is 30.3 Å². The second kappa shape index (κ2) is 5.15. The minimum Gasteiger partial charge on any atom is -0.394 e. The van der Waals surface area contributed by atoms with Gasteiger partial charge in [0.05, 0.1) is 18.5 Å². The zero-order chi connectivity index (χ0) is 15.8. The van der Waals surface area contributed by atoms with Crippen LogP contribution in [0.2, 0.25) is 0 Å². The van der Waals surface area contributed by atoms with Gasteiger partial charge in [-0.05, 0) is 6.92 Å². The number of ether oxygens (including phenoxy) is 1. The Morgan fingerprint density at radius 3 is 2.95 bits per heavy atom. The molecule has 0 radical (unpaired) electrons. The van der Waals surface area contributed by atoms with Crippen molar-refractivity contribution < 1.29 is 24.4 Å². The van der Waals surface area contributed by atoms with E-state index in [1.54, 1.807) is 0 Å². The predicted octanol–water partition coefficient (Wildman–Crippen LogP) is -1.65. The van der Waals surface area contributed by atoms with Crippen molar-refractivity contribution in [3.05, 3.63) is 17.7 Å². The van der Waals surface area contributed by atoms with Crippen molar-refractivity contribution in [3.8, 4) is 0 Å². The molecule has 0 aromatic carbocycles. The average molecular weight is 301 g/mol. The first-order valence-corrected chi connectivity index (χ1v) is 6.04. The number of rotatable bonds is 4. The van der Waals surface area contributed by atoms with Crippen LogP contribution < -0.4 is 5.73 Å². The van der Waals surface area contributed by atoms with E-state index in [1.165, 1.54) is 0 Å². The highest BCUT2D eigenvalue weighted by atomic mass is 19.1. The van der Waals surface area contributed by atoms with Crippen LogP contribution >= 0.6 is 0 Å². The Balaban J connectivity index is 2.41. The summed E-state index contributed by atoms with van der Waals surface area (Å²) in [4.78, 5) is 9.80. The van der Waals surface area contributed by atoms with Gasteiger partial charge in [-0.1, -0.05) is 0 Å². The van der Waals surface area contributed by atoms with Gasteiger partial charge in [-0.3, -0.25) is 5.41 Å². The second-order valence-corrected chi connectivity index (χ2v) is 4.79. The lowest BCUT2D eigenvalue weighted by Crippen LogP contribution is -2.49. The quantitative estimate of drug-likeness (QED) is 0.288. The zero-order valence-electron chi connectivity index (χ0n) is 11.1. The topological polar surface area (TPSA) is 161 Å². The van der Waals surface area contributed by atoms with Crippen LogP contribution in [-0.4, -0.2) is 61.9 Å². The molecule has 7 N–H and O–H groups in total. The Morgan fingerprint density at radius 2 is 2.43 bits per heavy atom. The number of aliphatic hydroxyl groups excluding tert-OH is 2. The summed E-state index contributed by atoms with van der Waals surface area (Å²) < 4.78 is 19.7. The summed E-state index contributed by atoms with van der Waals surface area (Å²) in [6.07, 6.45) is -1.24. The van der Waals surface area contributed by atoms with Crippen molar-refractivity contribution in [2.75, 3.05) is 6.61 Å². The van der Waals surface area contributed by atoms with Crippen molar-refractivity contribution in [1.82, 2.24) is 9.97 Å². The summed E-state index contributed by atoms with van der Waals surface area (Å²) >= 11 is 0. The van der Waals surface area contributed by atoms with Gasteiger partial charge in [0.1, 0.15) is 18.5 Å². The molecule has 1 fully saturated rings. The highest BCUT2D eigenvalue weighted by Crippen LogP contribution is 2.46. The normalized spacial score (nSPS) is 36.9. The van der Waals surface area contributed by atoms with Gasteiger partial charge >= 0.3 is 0 Å². The summed E-state index contributed by atoms with van der Waals surface area (Å²) in [6, 6.07) is 0. The van der Waals surface area contributed by atoms with Gasteiger partial charge in [-0.15, -0.1) is 0 Å². The molecule has 116 valence electrons. The number of aromatic nitrogens is 2. The number of aliphatic imine (C=N–C) groups is 1. The Bertz CT molecular complexity index is 575. The summed E-state index contributed by atoms with van der Waals surface area (Å²) in [7, 11) is 0. The van der Waals surface area contributed by atoms with Crippen molar-refractivity contribution in [2.45, 2.75) is 30.6 Å². The largest absolute Gasteiger partial charge is 0.394 e. The predicted molar refractivity (Wildman–Crippen MR) is 69.5 cm³/mol. The van der Waals surface area contributed by atoms with E-state index in [1.807, 2.05) is 0 Å². The molecule has 21 heavy (non-hydrogen) atoms. The highest BCUT2D eigenvalue weighted by molar-refractivity contribution is 5.98. The third-order valence-electron chi connectivity index (χ3n) is 3.46. The molecule has 0 saturated carbocycles. The number of aliphatic hydroxyl groups is 3. The average Bonchev–Trinajstić information content (AvgIpc) is 2.99. The number of hydrogen-bond donors (Lipinski definition) is 6. The van der Waals surface area contributed by atoms with Gasteiger partial charge in [0.2, 0.25) is 5.79 Å². The summed E-state index contributed by atoms with van der Waals surface area (Å²) in [5, 5.41) is 36.1. The van der Waals surface area contributed by atoms with Crippen LogP contribution in [0.25, 0.3) is 0 Å². The summed E-state index contributed by atoms with van der Waals surface area (Å²) in [5.74, 6) is -2.67. The molecule has 0 aliphatic carbocycles. The Morgan fingerprint density at radius 1 is 1.76 bits per heavy atom. The second-order valence-electron chi connectivity index (χ2n) is 4.79. The van der Waals surface area contributed by atoms with E-state index in [-0.39, 0.29) is 17.4 Å². The van der Waals surface area contributed by atoms with Crippen LogP contribution in [0.5, 0.6) is 0 Å². The molecule has 1 aliphatic rings. The number of H-pyrrole nitrogens is 1. The smallest absolute Gasteiger partial charge is 0.247 e. The fourth-order valence-electron chi connectivity index (χ4n) is 2.17. The van der Waals surface area contributed by atoms with Crippen molar-refractivity contribution in [3.63, 3.8) is 0 Å². The monoisotopic (exact) mass is 301 g/mol. The molecule has 2 heterocycles. The lowest BCUT2D eigenvalue weighted by Gasteiger charge is -2.31. The molecular weight excluding hydrogens is 285 g/mol. The standard InChI is InChI=1S/C11H16FN5O4/c1-10(12)7(19)5(3-18)21-11(10,20)6-2-15-9(17-6)8(14)16-4-13/h2,4-5,7,18-20H,3H2,1H3,(H,15,17)(H3,13,14,16)/t5-,7-,10-,11?/m1/s1. The van der Waals surface area contributed by atoms with Crippen LogP contribution in [0.1, 0.15) is 18.4 Å². The molecule has 0 bridgehead atoms. The van der Waals surface area contributed by atoms with Crippen LogP contribution in [0.3, 0.4) is 0 Å². The van der Waals surface area contributed by atoms with Crippen molar-refractivity contribution >= 4 is 12.2 Å². The number of alkyl halides is 1. The van der Waals surface area contributed by atoms with Crippen LogP contribution in [-0.2, 0) is 10.5 Å². The van der Waals surface area contributed by atoms with Crippen LogP contribution in [0.15, 0.2) is 11.2 Å². The summed E-state index contributed by atoms with van der Waals surface area (Å²) in [6.45, 7) is 0.282. The maximum atomic E-state index is 14.7. The number of nitrogens with zero attached hydrogens (tertiary/aromatic N) is 2. The maximum absolute atomic E-state index is 14.7. The van der Waals surface area contributed by atoms with E-state index in [0.29, 0.717) is 6.34 Å². The molecule has 1 aromatic heterocycles. The first-order chi connectivity index (χ1) is 9.77. The number of hydrogen-bond acceptors (Lipinski definition) is 6. The molecule has 0 spiro atoms. The molecule has 4 atom stereocenters. The van der Waals surface area contributed by atoms with Gasteiger partial charge in [-0.25, -0.2) is 14.4 Å². The lowest BCUT2D eigenvalue weighted by atomic mass is 9.90. The fraction of sp³-hybridized carbons (Fsp3) is 0.545. The lowest BCUT2D eigenvalue weighted by molar-refractivity contribution is -0.255. The molecule has 1 unspecified atom stereocenters.